The summed E-state index contributed by atoms with van der Waals surface area (Å²) in [7, 11) is 2.13. The van der Waals surface area contributed by atoms with Crippen molar-refractivity contribution in [2.24, 2.45) is 5.92 Å². The van der Waals surface area contributed by atoms with E-state index in [0.717, 1.165) is 36.8 Å². The molecule has 5 heteroatoms. The lowest BCUT2D eigenvalue weighted by Crippen LogP contribution is -2.26. The molecule has 1 amide bonds. The van der Waals surface area contributed by atoms with Gasteiger partial charge in [0.05, 0.1) is 5.56 Å². The van der Waals surface area contributed by atoms with Crippen molar-refractivity contribution in [1.29, 1.82) is 0 Å². The molecular formula is C21H26N4O. The molecule has 0 radical (unpaired) electrons. The van der Waals surface area contributed by atoms with Crippen molar-refractivity contribution < 1.29 is 4.79 Å². The smallest absolute Gasteiger partial charge is 0.253 e. The maximum absolute atomic E-state index is 12.4. The Labute approximate surface area is 154 Å². The van der Waals surface area contributed by atoms with Gasteiger partial charge in [-0.15, -0.1) is 0 Å². The third-order valence-corrected chi connectivity index (χ3v) is 5.24. The first kappa shape index (κ1) is 16.9. The summed E-state index contributed by atoms with van der Waals surface area (Å²) in [4.78, 5) is 19.0. The molecule has 1 aliphatic heterocycles. The number of rotatable bonds is 6. The molecule has 1 fully saturated rings. The minimum atomic E-state index is -0.0823. The molecule has 5 nitrogen and oxygen atoms in total. The Kier molecular flexibility index (Phi) is 4.78. The molecule has 1 aliphatic carbocycles. The summed E-state index contributed by atoms with van der Waals surface area (Å²) in [6.45, 7) is 2.63. The van der Waals surface area contributed by atoms with Gasteiger partial charge in [0.2, 0.25) is 0 Å². The number of fused-ring (bicyclic) bond motifs is 1. The van der Waals surface area contributed by atoms with Crippen LogP contribution in [-0.4, -0.2) is 31.0 Å². The fourth-order valence-corrected chi connectivity index (χ4v) is 3.44. The molecule has 2 aliphatic rings. The molecule has 26 heavy (non-hydrogen) atoms. The number of nitrogens with one attached hydrogen (secondary N) is 2. The highest BCUT2D eigenvalue weighted by Gasteiger charge is 2.20. The largest absolute Gasteiger partial charge is 0.374 e. The topological polar surface area (TPSA) is 57.3 Å². The molecular weight excluding hydrogens is 324 g/mol. The molecule has 136 valence electrons. The van der Waals surface area contributed by atoms with Crippen LogP contribution in [-0.2, 0) is 13.0 Å². The molecule has 1 aromatic carbocycles. The van der Waals surface area contributed by atoms with Gasteiger partial charge < -0.3 is 15.5 Å². The number of carbonyl (C=O) groups is 1. The van der Waals surface area contributed by atoms with E-state index in [-0.39, 0.29) is 5.91 Å². The molecule has 4 rings (SSSR count). The molecule has 0 spiro atoms. The fourth-order valence-electron chi connectivity index (χ4n) is 3.44. The summed E-state index contributed by atoms with van der Waals surface area (Å²) in [5.74, 6) is 1.56. The summed E-state index contributed by atoms with van der Waals surface area (Å²) in [5.41, 5.74) is 4.42. The normalized spacial score (nSPS) is 16.1. The maximum Gasteiger partial charge on any atom is 0.253 e. The molecule has 2 N–H and O–H groups in total. The van der Waals surface area contributed by atoms with E-state index in [4.69, 9.17) is 0 Å². The van der Waals surface area contributed by atoms with E-state index in [1.807, 2.05) is 12.1 Å². The van der Waals surface area contributed by atoms with Crippen molar-refractivity contribution in [3.8, 4) is 0 Å². The van der Waals surface area contributed by atoms with Gasteiger partial charge in [-0.1, -0.05) is 12.1 Å². The van der Waals surface area contributed by atoms with Crippen LogP contribution in [0.15, 0.2) is 36.5 Å². The van der Waals surface area contributed by atoms with E-state index >= 15 is 0 Å². The quantitative estimate of drug-likeness (QED) is 0.840. The van der Waals surface area contributed by atoms with Gasteiger partial charge in [0.15, 0.2) is 0 Å². The van der Waals surface area contributed by atoms with Crippen LogP contribution < -0.4 is 15.5 Å². The number of pyridine rings is 1. The van der Waals surface area contributed by atoms with Crippen LogP contribution in [0.5, 0.6) is 0 Å². The first-order chi connectivity index (χ1) is 12.7. The third-order valence-electron chi connectivity index (χ3n) is 5.24. The lowest BCUT2D eigenvalue weighted by molar-refractivity contribution is 0.0950. The minimum absolute atomic E-state index is 0.0823. The van der Waals surface area contributed by atoms with Crippen LogP contribution in [0.2, 0.25) is 0 Å². The van der Waals surface area contributed by atoms with E-state index in [1.54, 1.807) is 6.20 Å². The Morgan fingerprint density at radius 1 is 1.27 bits per heavy atom. The Balaban J connectivity index is 1.33. The van der Waals surface area contributed by atoms with Crippen molar-refractivity contribution in [3.05, 3.63) is 53.2 Å². The first-order valence-corrected chi connectivity index (χ1v) is 9.50. The predicted octanol–water partition coefficient (Wildman–Crippen LogP) is 3.22. The molecule has 0 unspecified atom stereocenters. The van der Waals surface area contributed by atoms with Crippen LogP contribution in [0.1, 0.15) is 40.7 Å². The van der Waals surface area contributed by atoms with Crippen LogP contribution in [0, 0.1) is 5.92 Å². The number of benzene rings is 1. The zero-order valence-electron chi connectivity index (χ0n) is 15.3. The molecule has 0 bridgehead atoms. The Morgan fingerprint density at radius 2 is 2.15 bits per heavy atom. The SMILES string of the molecule is CN1CCCc2cc(CNC(=O)c3ccc(NCC4CC4)nc3)ccc21. The average molecular weight is 350 g/mol. The molecule has 2 heterocycles. The van der Waals surface area contributed by atoms with Gasteiger partial charge in [0, 0.05) is 38.6 Å². The lowest BCUT2D eigenvalue weighted by atomic mass is 9.99. The second kappa shape index (κ2) is 7.36. The number of aryl methyl sites for hydroxylation is 1. The van der Waals surface area contributed by atoms with E-state index in [9.17, 15) is 4.79 Å². The fraction of sp³-hybridized carbons (Fsp3) is 0.429. The minimum Gasteiger partial charge on any atom is -0.374 e. The Bertz CT molecular complexity index is 783. The number of amides is 1. The number of hydrogen-bond donors (Lipinski definition) is 2. The molecule has 1 saturated carbocycles. The zero-order chi connectivity index (χ0) is 17.9. The highest BCUT2D eigenvalue weighted by Crippen LogP contribution is 2.28. The van der Waals surface area contributed by atoms with Crippen LogP contribution in [0.25, 0.3) is 0 Å². The van der Waals surface area contributed by atoms with Crippen molar-refractivity contribution in [1.82, 2.24) is 10.3 Å². The lowest BCUT2D eigenvalue weighted by Gasteiger charge is -2.27. The van der Waals surface area contributed by atoms with Crippen LogP contribution >= 0.6 is 0 Å². The summed E-state index contributed by atoms with van der Waals surface area (Å²) in [5, 5.41) is 6.32. The van der Waals surface area contributed by atoms with Gasteiger partial charge in [-0.3, -0.25) is 4.79 Å². The van der Waals surface area contributed by atoms with Crippen LogP contribution in [0.4, 0.5) is 11.5 Å². The maximum atomic E-state index is 12.4. The van der Waals surface area contributed by atoms with E-state index in [1.165, 1.54) is 30.5 Å². The van der Waals surface area contributed by atoms with Crippen molar-refractivity contribution >= 4 is 17.4 Å². The molecule has 1 aromatic heterocycles. The van der Waals surface area contributed by atoms with Gasteiger partial charge in [0.25, 0.3) is 5.91 Å². The number of nitrogens with zero attached hydrogens (tertiary/aromatic N) is 2. The first-order valence-electron chi connectivity index (χ1n) is 9.50. The second-order valence-corrected chi connectivity index (χ2v) is 7.43. The highest BCUT2D eigenvalue weighted by atomic mass is 16.1. The van der Waals surface area contributed by atoms with Gasteiger partial charge in [-0.2, -0.15) is 0 Å². The summed E-state index contributed by atoms with van der Waals surface area (Å²) < 4.78 is 0. The van der Waals surface area contributed by atoms with Gasteiger partial charge in [0.1, 0.15) is 5.82 Å². The van der Waals surface area contributed by atoms with Crippen molar-refractivity contribution in [3.63, 3.8) is 0 Å². The molecule has 2 aromatic rings. The van der Waals surface area contributed by atoms with Gasteiger partial charge in [-0.25, -0.2) is 4.98 Å². The van der Waals surface area contributed by atoms with Gasteiger partial charge >= 0.3 is 0 Å². The molecule has 0 saturated heterocycles. The van der Waals surface area contributed by atoms with Crippen molar-refractivity contribution in [2.75, 3.05) is 30.4 Å². The number of aromatic nitrogens is 1. The zero-order valence-corrected chi connectivity index (χ0v) is 15.3. The highest BCUT2D eigenvalue weighted by molar-refractivity contribution is 5.94. The predicted molar refractivity (Wildman–Crippen MR) is 105 cm³/mol. The summed E-state index contributed by atoms with van der Waals surface area (Å²) in [6, 6.07) is 10.2. The third kappa shape index (κ3) is 3.98. The van der Waals surface area contributed by atoms with Crippen LogP contribution in [0.3, 0.4) is 0 Å². The summed E-state index contributed by atoms with van der Waals surface area (Å²) >= 11 is 0. The van der Waals surface area contributed by atoms with E-state index in [2.05, 4.69) is 45.8 Å². The average Bonchev–Trinajstić information content (AvgIpc) is 3.49. The second-order valence-electron chi connectivity index (χ2n) is 7.43. The van der Waals surface area contributed by atoms with E-state index < -0.39 is 0 Å². The van der Waals surface area contributed by atoms with E-state index in [0.29, 0.717) is 12.1 Å². The van der Waals surface area contributed by atoms with Crippen molar-refractivity contribution in [2.45, 2.75) is 32.2 Å². The Morgan fingerprint density at radius 3 is 2.92 bits per heavy atom. The number of carbonyl (C=O) groups excluding carboxylic acids is 1. The number of anilines is 2. The summed E-state index contributed by atoms with van der Waals surface area (Å²) in [6.07, 6.45) is 6.57. The number of hydrogen-bond acceptors (Lipinski definition) is 4. The monoisotopic (exact) mass is 350 g/mol. The molecule has 0 atom stereocenters. The Hall–Kier alpha value is -2.56. The van der Waals surface area contributed by atoms with Gasteiger partial charge in [-0.05, 0) is 60.9 Å². The standard InChI is InChI=1S/C21H26N4O/c1-25-10-2-3-17-11-16(6-8-19(17)25)13-24-21(26)18-7-9-20(23-14-18)22-12-15-4-5-15/h6-9,11,14-15H,2-5,10,12-13H2,1H3,(H,22,23)(H,24,26).